The van der Waals surface area contributed by atoms with Crippen LogP contribution in [0.25, 0.3) is 0 Å². The summed E-state index contributed by atoms with van der Waals surface area (Å²) in [6, 6.07) is 8.33. The van der Waals surface area contributed by atoms with Gasteiger partial charge in [-0.2, -0.15) is 0 Å². The van der Waals surface area contributed by atoms with Crippen LogP contribution in [0.5, 0.6) is 0 Å². The summed E-state index contributed by atoms with van der Waals surface area (Å²) in [6.45, 7) is 8.18. The minimum atomic E-state index is -0.356. The molecule has 0 bridgehead atoms. The van der Waals surface area contributed by atoms with E-state index in [1.807, 2.05) is 6.07 Å². The first-order valence-electron chi connectivity index (χ1n) is 6.06. The minimum Gasteiger partial charge on any atom is -0.462 e. The molecule has 0 fully saturated rings. The van der Waals surface area contributed by atoms with E-state index in [1.165, 1.54) is 17.2 Å². The van der Waals surface area contributed by atoms with Gasteiger partial charge in [-0.05, 0) is 23.5 Å². The predicted octanol–water partition coefficient (Wildman–Crippen LogP) is 3.47. The van der Waals surface area contributed by atoms with Crippen molar-refractivity contribution in [3.05, 3.63) is 48.0 Å². The smallest absolute Gasteiger partial charge is 0.330 e. The fourth-order valence-corrected chi connectivity index (χ4v) is 1.78. The second kappa shape index (κ2) is 6.89. The van der Waals surface area contributed by atoms with Crippen molar-refractivity contribution in [3.63, 3.8) is 0 Å². The Hall–Kier alpha value is -1.57. The number of carbonyl (C=O) groups excluding carboxylic acids is 1. The monoisotopic (exact) mass is 232 g/mol. The molecule has 1 aromatic rings. The number of ether oxygens (including phenoxy) is 1. The molecule has 0 heterocycles. The van der Waals surface area contributed by atoms with E-state index >= 15 is 0 Å². The van der Waals surface area contributed by atoms with Crippen LogP contribution in [0.3, 0.4) is 0 Å². The van der Waals surface area contributed by atoms with Crippen molar-refractivity contribution >= 4 is 5.97 Å². The van der Waals surface area contributed by atoms with Gasteiger partial charge in [-0.3, -0.25) is 0 Å². The first-order valence-corrected chi connectivity index (χ1v) is 6.06. The average Bonchev–Trinajstić information content (AvgIpc) is 2.38. The molecule has 2 nitrogen and oxygen atoms in total. The van der Waals surface area contributed by atoms with Crippen molar-refractivity contribution in [2.45, 2.75) is 32.6 Å². The number of benzene rings is 1. The molecule has 0 aliphatic carbocycles. The van der Waals surface area contributed by atoms with Gasteiger partial charge in [-0.15, -0.1) is 0 Å². The van der Waals surface area contributed by atoms with Gasteiger partial charge in [-0.1, -0.05) is 44.7 Å². The van der Waals surface area contributed by atoms with E-state index in [4.69, 9.17) is 4.74 Å². The van der Waals surface area contributed by atoms with E-state index in [0.717, 1.165) is 12.8 Å². The minimum absolute atomic E-state index is 0.356. The number of hydrogen-bond donors (Lipinski definition) is 0. The molecule has 1 rings (SSSR count). The summed E-state index contributed by atoms with van der Waals surface area (Å²) >= 11 is 0. The highest BCUT2D eigenvalue weighted by atomic mass is 16.5. The van der Waals surface area contributed by atoms with Crippen LogP contribution in [0.4, 0.5) is 0 Å². The summed E-state index contributed by atoms with van der Waals surface area (Å²) in [7, 11) is 0. The second-order valence-electron chi connectivity index (χ2n) is 4.13. The van der Waals surface area contributed by atoms with Gasteiger partial charge < -0.3 is 4.74 Å². The largest absolute Gasteiger partial charge is 0.462 e. The van der Waals surface area contributed by atoms with Crippen LogP contribution < -0.4 is 0 Å². The summed E-state index contributed by atoms with van der Waals surface area (Å²) in [5.41, 5.74) is 2.61. The Balaban J connectivity index is 2.64. The van der Waals surface area contributed by atoms with Crippen LogP contribution in [0, 0.1) is 0 Å². The van der Waals surface area contributed by atoms with E-state index in [9.17, 15) is 4.79 Å². The molecule has 0 aromatic heterocycles. The van der Waals surface area contributed by atoms with Crippen LogP contribution in [-0.2, 0) is 16.0 Å². The lowest BCUT2D eigenvalue weighted by Gasteiger charge is -2.14. The maximum absolute atomic E-state index is 10.9. The number of esters is 1. The number of carbonyl (C=O) groups is 1. The Kier molecular flexibility index (Phi) is 5.47. The lowest BCUT2D eigenvalue weighted by Crippen LogP contribution is -2.07. The highest BCUT2D eigenvalue weighted by molar-refractivity contribution is 5.81. The van der Waals surface area contributed by atoms with Gasteiger partial charge in [0, 0.05) is 12.5 Å². The Labute approximate surface area is 103 Å². The van der Waals surface area contributed by atoms with Crippen molar-refractivity contribution in [1.29, 1.82) is 0 Å². The first kappa shape index (κ1) is 13.5. The summed E-state index contributed by atoms with van der Waals surface area (Å²) in [4.78, 5) is 10.9. The molecule has 17 heavy (non-hydrogen) atoms. The lowest BCUT2D eigenvalue weighted by molar-refractivity contribution is -0.137. The Bertz CT molecular complexity index is 382. The first-order chi connectivity index (χ1) is 8.19. The summed E-state index contributed by atoms with van der Waals surface area (Å²) in [6.07, 6.45) is 3.07. The van der Waals surface area contributed by atoms with E-state index in [0.29, 0.717) is 12.5 Å². The Morgan fingerprint density at radius 1 is 1.47 bits per heavy atom. The van der Waals surface area contributed by atoms with Crippen LogP contribution in [-0.4, -0.2) is 12.6 Å². The fourth-order valence-electron chi connectivity index (χ4n) is 1.78. The topological polar surface area (TPSA) is 26.3 Å². The Morgan fingerprint density at radius 2 is 2.18 bits per heavy atom. The van der Waals surface area contributed by atoms with Gasteiger partial charge in [0.1, 0.15) is 0 Å². The van der Waals surface area contributed by atoms with Gasteiger partial charge in [0.25, 0.3) is 0 Å². The van der Waals surface area contributed by atoms with Crippen LogP contribution in [0.1, 0.15) is 37.3 Å². The SMILES string of the molecule is C=CC(=O)OCCc1ccccc1C(C)CC. The quantitative estimate of drug-likeness (QED) is 0.554. The molecule has 2 heteroatoms. The molecule has 0 aliphatic heterocycles. The Morgan fingerprint density at radius 3 is 2.82 bits per heavy atom. The zero-order valence-electron chi connectivity index (χ0n) is 10.6. The molecule has 1 aromatic carbocycles. The number of hydrogen-bond acceptors (Lipinski definition) is 2. The molecule has 1 atom stereocenters. The highest BCUT2D eigenvalue weighted by Crippen LogP contribution is 2.22. The van der Waals surface area contributed by atoms with Crippen molar-refractivity contribution in [3.8, 4) is 0 Å². The summed E-state index contributed by atoms with van der Waals surface area (Å²) < 4.78 is 5.01. The molecule has 0 saturated carbocycles. The van der Waals surface area contributed by atoms with Crippen molar-refractivity contribution < 1.29 is 9.53 Å². The van der Waals surface area contributed by atoms with Gasteiger partial charge in [0.05, 0.1) is 6.61 Å². The lowest BCUT2D eigenvalue weighted by atomic mass is 9.92. The average molecular weight is 232 g/mol. The molecule has 92 valence electrons. The second-order valence-corrected chi connectivity index (χ2v) is 4.13. The highest BCUT2D eigenvalue weighted by Gasteiger charge is 2.08. The van der Waals surface area contributed by atoms with Gasteiger partial charge in [-0.25, -0.2) is 4.79 Å². The maximum atomic E-state index is 10.9. The van der Waals surface area contributed by atoms with Crippen molar-refractivity contribution in [2.75, 3.05) is 6.61 Å². The van der Waals surface area contributed by atoms with Crippen molar-refractivity contribution in [2.24, 2.45) is 0 Å². The zero-order valence-corrected chi connectivity index (χ0v) is 10.6. The summed E-state index contributed by atoms with van der Waals surface area (Å²) in [5, 5.41) is 0. The molecule has 1 unspecified atom stereocenters. The van der Waals surface area contributed by atoms with Crippen LogP contribution in [0.2, 0.25) is 0 Å². The molecule has 0 radical (unpaired) electrons. The molecule has 0 amide bonds. The van der Waals surface area contributed by atoms with Crippen molar-refractivity contribution in [1.82, 2.24) is 0 Å². The molecular formula is C15H20O2. The van der Waals surface area contributed by atoms with Gasteiger partial charge in [0.15, 0.2) is 0 Å². The maximum Gasteiger partial charge on any atom is 0.330 e. The van der Waals surface area contributed by atoms with Gasteiger partial charge in [0.2, 0.25) is 0 Å². The third-order valence-electron chi connectivity index (χ3n) is 2.98. The predicted molar refractivity (Wildman–Crippen MR) is 70.0 cm³/mol. The van der Waals surface area contributed by atoms with E-state index < -0.39 is 0 Å². The number of rotatable bonds is 6. The normalized spacial score (nSPS) is 11.9. The third-order valence-corrected chi connectivity index (χ3v) is 2.98. The van der Waals surface area contributed by atoms with E-state index in [1.54, 1.807) is 0 Å². The zero-order chi connectivity index (χ0) is 12.7. The van der Waals surface area contributed by atoms with E-state index in [2.05, 4.69) is 38.6 Å². The molecule has 0 N–H and O–H groups in total. The summed E-state index contributed by atoms with van der Waals surface area (Å²) in [5.74, 6) is 0.187. The fraction of sp³-hybridized carbons (Fsp3) is 0.400. The van der Waals surface area contributed by atoms with Gasteiger partial charge >= 0.3 is 5.97 Å². The molecule has 0 aliphatic rings. The van der Waals surface area contributed by atoms with Crippen LogP contribution >= 0.6 is 0 Å². The molecule has 0 spiro atoms. The molecule has 0 saturated heterocycles. The van der Waals surface area contributed by atoms with Crippen LogP contribution in [0.15, 0.2) is 36.9 Å². The third kappa shape index (κ3) is 4.06. The van der Waals surface area contributed by atoms with E-state index in [-0.39, 0.29) is 5.97 Å². The molecular weight excluding hydrogens is 212 g/mol. The standard InChI is InChI=1S/C15H20O2/c1-4-12(3)14-9-7-6-8-13(14)10-11-17-15(16)5-2/h5-9,12H,2,4,10-11H2,1,3H3.